The third-order valence-corrected chi connectivity index (χ3v) is 6.20. The Morgan fingerprint density at radius 3 is 1.88 bits per heavy atom. The Hall–Kier alpha value is -4.54. The van der Waals surface area contributed by atoms with Gasteiger partial charge in [0, 0.05) is 24.7 Å². The summed E-state index contributed by atoms with van der Waals surface area (Å²) in [5.74, 6) is -8.01. The first-order chi connectivity index (χ1) is 20.0. The molecule has 0 bridgehead atoms. The number of nitrogens with zero attached hydrogens (tertiary/aromatic N) is 1. The maximum atomic E-state index is 13.4. The summed E-state index contributed by atoms with van der Waals surface area (Å²) in [5.41, 5.74) is 6.16. The van der Waals surface area contributed by atoms with Crippen molar-refractivity contribution >= 4 is 41.5 Å². The van der Waals surface area contributed by atoms with Crippen LogP contribution in [-0.2, 0) is 40.0 Å². The summed E-state index contributed by atoms with van der Waals surface area (Å²) in [4.78, 5) is 92.2. The molecule has 1 rings (SSSR count). The minimum atomic E-state index is -1.77. The summed E-state index contributed by atoms with van der Waals surface area (Å²) >= 11 is 0. The molecule has 10 N–H and O–H groups in total. The molecule has 0 fully saturated rings. The van der Waals surface area contributed by atoms with Crippen LogP contribution in [0.3, 0.4) is 0 Å². The van der Waals surface area contributed by atoms with E-state index < -0.39 is 84.1 Å². The number of carboxylic acid groups (broad SMARTS) is 3. The molecule has 1 heterocycles. The molecule has 17 heteroatoms. The summed E-state index contributed by atoms with van der Waals surface area (Å²) in [7, 11) is 0. The Morgan fingerprint density at radius 2 is 1.40 bits per heavy atom. The molecule has 0 saturated heterocycles. The number of aromatic amines is 1. The Bertz CT molecular complexity index is 1140. The molecule has 17 nitrogen and oxygen atoms in total. The Morgan fingerprint density at radius 1 is 0.814 bits per heavy atom. The molecule has 0 aliphatic rings. The monoisotopic (exact) mass is 611 g/mol. The van der Waals surface area contributed by atoms with Crippen molar-refractivity contribution in [2.45, 2.75) is 90.0 Å². The van der Waals surface area contributed by atoms with Crippen LogP contribution in [0.2, 0.25) is 0 Å². The predicted molar refractivity (Wildman–Crippen MR) is 149 cm³/mol. The van der Waals surface area contributed by atoms with Gasteiger partial charge in [-0.3, -0.25) is 28.8 Å². The highest BCUT2D eigenvalue weighted by Gasteiger charge is 2.33. The van der Waals surface area contributed by atoms with Gasteiger partial charge in [-0.05, 0) is 24.7 Å². The van der Waals surface area contributed by atoms with Gasteiger partial charge in [-0.1, -0.05) is 27.7 Å². The lowest BCUT2D eigenvalue weighted by Gasteiger charge is -2.28. The Balaban J connectivity index is 3.15. The molecule has 0 aromatic carbocycles. The number of amides is 4. The van der Waals surface area contributed by atoms with Crippen LogP contribution in [0.25, 0.3) is 0 Å². The molecule has 0 unspecified atom stereocenters. The summed E-state index contributed by atoms with van der Waals surface area (Å²) in [6.07, 6.45) is 1.25. The summed E-state index contributed by atoms with van der Waals surface area (Å²) < 4.78 is 0. The van der Waals surface area contributed by atoms with Crippen LogP contribution >= 0.6 is 0 Å². The van der Waals surface area contributed by atoms with Gasteiger partial charge in [-0.25, -0.2) is 9.78 Å². The number of hydrogen-bond acceptors (Lipinski definition) is 9. The maximum Gasteiger partial charge on any atom is 0.326 e. The van der Waals surface area contributed by atoms with Gasteiger partial charge in [-0.2, -0.15) is 0 Å². The Labute approximate surface area is 247 Å². The normalized spacial score (nSPS) is 14.6. The lowest BCUT2D eigenvalue weighted by atomic mass is 9.99. The maximum absolute atomic E-state index is 13.4. The summed E-state index contributed by atoms with van der Waals surface area (Å²) in [6.45, 7) is 6.86. The van der Waals surface area contributed by atoms with Gasteiger partial charge in [0.2, 0.25) is 23.6 Å². The fourth-order valence-corrected chi connectivity index (χ4v) is 3.91. The second-order valence-electron chi connectivity index (χ2n) is 10.8. The number of nitrogens with two attached hydrogens (primary N) is 1. The van der Waals surface area contributed by atoms with Crippen molar-refractivity contribution in [2.75, 3.05) is 0 Å². The highest BCUT2D eigenvalue weighted by molar-refractivity contribution is 5.96. The first kappa shape index (κ1) is 36.5. The van der Waals surface area contributed by atoms with Gasteiger partial charge in [0.05, 0.1) is 18.8 Å². The lowest BCUT2D eigenvalue weighted by Crippen LogP contribution is -2.60. The van der Waals surface area contributed by atoms with E-state index in [1.165, 1.54) is 12.5 Å². The quantitative estimate of drug-likeness (QED) is 0.0850. The van der Waals surface area contributed by atoms with Gasteiger partial charge >= 0.3 is 17.9 Å². The van der Waals surface area contributed by atoms with Gasteiger partial charge in [0.1, 0.15) is 24.2 Å². The van der Waals surface area contributed by atoms with E-state index in [1.807, 2.05) is 0 Å². The molecule has 0 radical (unpaired) electrons. The van der Waals surface area contributed by atoms with Crippen molar-refractivity contribution in [3.05, 3.63) is 18.2 Å². The number of carboxylic acids is 3. The molecule has 4 amide bonds. The highest BCUT2D eigenvalue weighted by atomic mass is 16.4. The first-order valence-corrected chi connectivity index (χ1v) is 13.6. The SMILES string of the molecule is CC(C)C[C@H](NC(=O)[C@@H](NC(=O)[C@@H](N)CCC(=O)O)C(C)C)C(=O)N[C@@H](Cc1cnc[nH]1)C(=O)N[C@@H](CC(=O)O)C(=O)O. The van der Waals surface area contributed by atoms with Gasteiger partial charge in [0.25, 0.3) is 0 Å². The zero-order chi connectivity index (χ0) is 32.9. The van der Waals surface area contributed by atoms with E-state index in [0.29, 0.717) is 5.69 Å². The minimum absolute atomic E-state index is 0.115. The number of imidazole rings is 1. The second kappa shape index (κ2) is 17.4. The predicted octanol–water partition coefficient (Wildman–Crippen LogP) is -1.66. The molecule has 0 aliphatic carbocycles. The molecule has 1 aromatic heterocycles. The molecular formula is C26H41N7O10. The molecular weight excluding hydrogens is 570 g/mol. The van der Waals surface area contributed by atoms with E-state index in [2.05, 4.69) is 31.2 Å². The molecule has 1 aromatic rings. The lowest BCUT2D eigenvalue weighted by molar-refractivity contribution is -0.147. The first-order valence-electron chi connectivity index (χ1n) is 13.6. The van der Waals surface area contributed by atoms with Gasteiger partial charge in [-0.15, -0.1) is 0 Å². The summed E-state index contributed by atoms with van der Waals surface area (Å²) in [6, 6.07) is -6.67. The van der Waals surface area contributed by atoms with Crippen molar-refractivity contribution in [3.63, 3.8) is 0 Å². The number of carbonyl (C=O) groups is 7. The standard InChI is InChI=1S/C26H41N7O10/c1-12(2)7-16(31-25(41)21(13(3)4)33-22(38)15(27)5-6-19(34)35)23(39)30-17(8-14-10-28-11-29-14)24(40)32-18(26(42)43)9-20(36)37/h10-13,15-18,21H,5-9,27H2,1-4H3,(H,28,29)(H,30,39)(H,31,41)(H,32,40)(H,33,38)(H,34,35)(H,36,37)(H,42,43)/t15-,16-,17-,18-,21-/m0/s1. The van der Waals surface area contributed by atoms with Crippen molar-refractivity contribution in [3.8, 4) is 0 Å². The molecule has 240 valence electrons. The van der Waals surface area contributed by atoms with Crippen molar-refractivity contribution in [1.29, 1.82) is 0 Å². The molecule has 0 saturated carbocycles. The smallest absolute Gasteiger partial charge is 0.326 e. The van der Waals surface area contributed by atoms with Gasteiger partial charge in [0.15, 0.2) is 0 Å². The van der Waals surface area contributed by atoms with Gasteiger partial charge < -0.3 is 47.3 Å². The van der Waals surface area contributed by atoms with E-state index in [4.69, 9.17) is 15.9 Å². The Kier molecular flexibility index (Phi) is 14.8. The third kappa shape index (κ3) is 13.3. The van der Waals surface area contributed by atoms with E-state index in [0.717, 1.165) is 0 Å². The fourth-order valence-electron chi connectivity index (χ4n) is 3.91. The van der Waals surface area contributed by atoms with Crippen LogP contribution in [0.15, 0.2) is 12.5 Å². The molecule has 0 aliphatic heterocycles. The van der Waals surface area contributed by atoms with Crippen LogP contribution in [-0.4, -0.2) is 97.0 Å². The van der Waals surface area contributed by atoms with Crippen LogP contribution in [0.4, 0.5) is 0 Å². The number of aliphatic carboxylic acids is 3. The third-order valence-electron chi connectivity index (χ3n) is 6.20. The number of H-pyrrole nitrogens is 1. The average molecular weight is 612 g/mol. The molecule has 5 atom stereocenters. The molecule has 43 heavy (non-hydrogen) atoms. The highest BCUT2D eigenvalue weighted by Crippen LogP contribution is 2.10. The molecule has 0 spiro atoms. The zero-order valence-corrected chi connectivity index (χ0v) is 24.5. The average Bonchev–Trinajstić information content (AvgIpc) is 3.41. The van der Waals surface area contributed by atoms with Crippen molar-refractivity contribution < 1.29 is 48.9 Å². The van der Waals surface area contributed by atoms with Crippen molar-refractivity contribution in [2.24, 2.45) is 17.6 Å². The zero-order valence-electron chi connectivity index (χ0n) is 24.5. The van der Waals surface area contributed by atoms with Crippen LogP contribution in [0.1, 0.15) is 59.1 Å². The number of hydrogen-bond donors (Lipinski definition) is 9. The van der Waals surface area contributed by atoms with Crippen LogP contribution in [0, 0.1) is 11.8 Å². The largest absolute Gasteiger partial charge is 0.481 e. The van der Waals surface area contributed by atoms with Crippen LogP contribution in [0.5, 0.6) is 0 Å². The van der Waals surface area contributed by atoms with E-state index >= 15 is 0 Å². The minimum Gasteiger partial charge on any atom is -0.481 e. The second-order valence-corrected chi connectivity index (χ2v) is 10.8. The fraction of sp³-hybridized carbons (Fsp3) is 0.615. The number of aromatic nitrogens is 2. The van der Waals surface area contributed by atoms with E-state index in [-0.39, 0.29) is 31.6 Å². The van der Waals surface area contributed by atoms with Crippen LogP contribution < -0.4 is 27.0 Å². The summed E-state index contributed by atoms with van der Waals surface area (Å²) in [5, 5.41) is 36.9. The number of rotatable bonds is 19. The number of carbonyl (C=O) groups excluding carboxylic acids is 4. The number of nitrogens with one attached hydrogen (secondary N) is 5. The van der Waals surface area contributed by atoms with Crippen molar-refractivity contribution in [1.82, 2.24) is 31.2 Å². The van der Waals surface area contributed by atoms with E-state index in [1.54, 1.807) is 27.7 Å². The van der Waals surface area contributed by atoms with E-state index in [9.17, 15) is 38.7 Å². The topological polar surface area (TPSA) is 283 Å².